The van der Waals surface area contributed by atoms with Crippen LogP contribution in [-0.2, 0) is 0 Å². The van der Waals surface area contributed by atoms with E-state index in [1.807, 2.05) is 0 Å². The Kier molecular flexibility index (Phi) is 7.11. The summed E-state index contributed by atoms with van der Waals surface area (Å²) in [6, 6.07) is 0.753. The topological polar surface area (TPSA) is 12.0 Å². The van der Waals surface area contributed by atoms with Crippen molar-refractivity contribution in [2.75, 3.05) is 6.54 Å². The SMILES string of the molecule is CCCNC(CC1CCCCCC1)C(C)C. The Bertz CT molecular complexity index is 157. The maximum atomic E-state index is 3.74. The van der Waals surface area contributed by atoms with E-state index in [1.54, 1.807) is 0 Å². The maximum Gasteiger partial charge on any atom is 0.00926 e. The fraction of sp³-hybridized carbons (Fsp3) is 1.00. The van der Waals surface area contributed by atoms with Crippen molar-refractivity contribution < 1.29 is 0 Å². The molecule has 0 saturated heterocycles. The Balaban J connectivity index is 2.33. The summed E-state index contributed by atoms with van der Waals surface area (Å²) in [5.74, 6) is 1.79. The molecule has 1 aliphatic rings. The smallest absolute Gasteiger partial charge is 0.00926 e. The fourth-order valence-corrected chi connectivity index (χ4v) is 2.88. The van der Waals surface area contributed by atoms with Gasteiger partial charge < -0.3 is 5.32 Å². The highest BCUT2D eigenvalue weighted by molar-refractivity contribution is 4.76. The van der Waals surface area contributed by atoms with E-state index in [2.05, 4.69) is 26.1 Å². The lowest BCUT2D eigenvalue weighted by molar-refractivity contribution is 0.299. The Morgan fingerprint density at radius 1 is 1.06 bits per heavy atom. The Hall–Kier alpha value is -0.0400. The molecule has 1 N–H and O–H groups in total. The molecule has 0 aromatic carbocycles. The van der Waals surface area contributed by atoms with Gasteiger partial charge in [-0.05, 0) is 31.2 Å². The summed E-state index contributed by atoms with van der Waals surface area (Å²) in [7, 11) is 0. The average molecular weight is 225 g/mol. The predicted molar refractivity (Wildman–Crippen MR) is 72.7 cm³/mol. The first-order chi connectivity index (χ1) is 7.74. The second kappa shape index (κ2) is 8.11. The maximum absolute atomic E-state index is 3.74. The lowest BCUT2D eigenvalue weighted by Crippen LogP contribution is -2.36. The molecule has 1 unspecified atom stereocenters. The summed E-state index contributed by atoms with van der Waals surface area (Å²) in [6.45, 7) is 8.18. The molecule has 0 aliphatic heterocycles. The van der Waals surface area contributed by atoms with Gasteiger partial charge in [-0.25, -0.2) is 0 Å². The molecule has 1 heteroatoms. The Labute approximate surface area is 102 Å². The fourth-order valence-electron chi connectivity index (χ4n) is 2.88. The minimum atomic E-state index is 0.753. The summed E-state index contributed by atoms with van der Waals surface area (Å²) in [5.41, 5.74) is 0. The van der Waals surface area contributed by atoms with Gasteiger partial charge >= 0.3 is 0 Å². The van der Waals surface area contributed by atoms with Crippen LogP contribution in [0.4, 0.5) is 0 Å². The van der Waals surface area contributed by atoms with Gasteiger partial charge in [0.15, 0.2) is 0 Å². The quantitative estimate of drug-likeness (QED) is 0.662. The third-order valence-electron chi connectivity index (χ3n) is 4.02. The van der Waals surface area contributed by atoms with E-state index >= 15 is 0 Å². The lowest BCUT2D eigenvalue weighted by atomic mass is 9.88. The standard InChI is InChI=1S/C15H31N/c1-4-11-16-15(13(2)3)12-14-9-7-5-6-8-10-14/h13-16H,4-12H2,1-3H3. The molecule has 0 radical (unpaired) electrons. The van der Waals surface area contributed by atoms with E-state index in [-0.39, 0.29) is 0 Å². The van der Waals surface area contributed by atoms with Gasteiger partial charge in [-0.15, -0.1) is 0 Å². The second-order valence-electron chi connectivity index (χ2n) is 5.90. The third-order valence-corrected chi connectivity index (χ3v) is 4.02. The number of nitrogens with one attached hydrogen (secondary N) is 1. The van der Waals surface area contributed by atoms with Gasteiger partial charge in [0, 0.05) is 6.04 Å². The van der Waals surface area contributed by atoms with Crippen molar-refractivity contribution in [3.8, 4) is 0 Å². The summed E-state index contributed by atoms with van der Waals surface area (Å²) in [4.78, 5) is 0. The van der Waals surface area contributed by atoms with E-state index in [9.17, 15) is 0 Å². The first-order valence-corrected chi connectivity index (χ1v) is 7.47. The van der Waals surface area contributed by atoms with Crippen molar-refractivity contribution >= 4 is 0 Å². The monoisotopic (exact) mass is 225 g/mol. The molecule has 1 nitrogen and oxygen atoms in total. The molecule has 1 fully saturated rings. The van der Waals surface area contributed by atoms with E-state index in [0.29, 0.717) is 0 Å². The van der Waals surface area contributed by atoms with Gasteiger partial charge in [0.1, 0.15) is 0 Å². The van der Waals surface area contributed by atoms with E-state index in [0.717, 1.165) is 17.9 Å². The average Bonchev–Trinajstić information content (AvgIpc) is 2.52. The van der Waals surface area contributed by atoms with E-state index in [4.69, 9.17) is 0 Å². The number of hydrogen-bond donors (Lipinski definition) is 1. The molecule has 0 heterocycles. The highest BCUT2D eigenvalue weighted by atomic mass is 14.9. The van der Waals surface area contributed by atoms with Crippen LogP contribution in [0.2, 0.25) is 0 Å². The molecule has 0 amide bonds. The van der Waals surface area contributed by atoms with Crippen LogP contribution in [0.5, 0.6) is 0 Å². The molecule has 96 valence electrons. The van der Waals surface area contributed by atoms with Crippen molar-refractivity contribution in [3.63, 3.8) is 0 Å². The van der Waals surface area contributed by atoms with Crippen molar-refractivity contribution in [1.29, 1.82) is 0 Å². The van der Waals surface area contributed by atoms with Gasteiger partial charge in [-0.1, -0.05) is 59.3 Å². The van der Waals surface area contributed by atoms with Gasteiger partial charge in [-0.3, -0.25) is 0 Å². The van der Waals surface area contributed by atoms with Crippen LogP contribution in [0.3, 0.4) is 0 Å². The zero-order valence-corrected chi connectivity index (χ0v) is 11.6. The molecule has 0 spiro atoms. The van der Waals surface area contributed by atoms with E-state index < -0.39 is 0 Å². The van der Waals surface area contributed by atoms with Crippen LogP contribution in [0, 0.1) is 11.8 Å². The Morgan fingerprint density at radius 2 is 1.69 bits per heavy atom. The van der Waals surface area contributed by atoms with E-state index in [1.165, 1.54) is 57.9 Å². The normalized spacial score (nSPS) is 21.0. The zero-order chi connectivity index (χ0) is 11.8. The minimum absolute atomic E-state index is 0.753. The molecular formula is C15H31N. The van der Waals surface area contributed by atoms with Gasteiger partial charge in [0.05, 0.1) is 0 Å². The molecule has 1 rings (SSSR count). The summed E-state index contributed by atoms with van der Waals surface area (Å²) >= 11 is 0. The predicted octanol–water partition coefficient (Wildman–Crippen LogP) is 4.37. The largest absolute Gasteiger partial charge is 0.314 e. The molecule has 0 aromatic rings. The molecule has 1 saturated carbocycles. The van der Waals surface area contributed by atoms with Crippen LogP contribution in [0.25, 0.3) is 0 Å². The third kappa shape index (κ3) is 5.34. The van der Waals surface area contributed by atoms with Crippen molar-refractivity contribution in [2.24, 2.45) is 11.8 Å². The number of rotatable bonds is 6. The number of hydrogen-bond acceptors (Lipinski definition) is 1. The Morgan fingerprint density at radius 3 is 2.19 bits per heavy atom. The van der Waals surface area contributed by atoms with Gasteiger partial charge in [0.25, 0.3) is 0 Å². The molecule has 0 bridgehead atoms. The molecule has 16 heavy (non-hydrogen) atoms. The van der Waals surface area contributed by atoms with Crippen LogP contribution >= 0.6 is 0 Å². The van der Waals surface area contributed by atoms with Crippen molar-refractivity contribution in [3.05, 3.63) is 0 Å². The summed E-state index contributed by atoms with van der Waals surface area (Å²) < 4.78 is 0. The minimum Gasteiger partial charge on any atom is -0.314 e. The highest BCUT2D eigenvalue weighted by Crippen LogP contribution is 2.27. The summed E-state index contributed by atoms with van der Waals surface area (Å²) in [5, 5.41) is 3.74. The highest BCUT2D eigenvalue weighted by Gasteiger charge is 2.19. The van der Waals surface area contributed by atoms with Crippen LogP contribution in [0.15, 0.2) is 0 Å². The lowest BCUT2D eigenvalue weighted by Gasteiger charge is -2.26. The molecular weight excluding hydrogens is 194 g/mol. The summed E-state index contributed by atoms with van der Waals surface area (Å²) in [6.07, 6.45) is 11.5. The molecule has 1 atom stereocenters. The van der Waals surface area contributed by atoms with Crippen molar-refractivity contribution in [2.45, 2.75) is 78.2 Å². The van der Waals surface area contributed by atoms with Crippen LogP contribution in [0.1, 0.15) is 72.1 Å². The van der Waals surface area contributed by atoms with Crippen LogP contribution in [-0.4, -0.2) is 12.6 Å². The second-order valence-corrected chi connectivity index (χ2v) is 5.90. The molecule has 1 aliphatic carbocycles. The van der Waals surface area contributed by atoms with Crippen molar-refractivity contribution in [1.82, 2.24) is 5.32 Å². The first kappa shape index (κ1) is 14.0. The van der Waals surface area contributed by atoms with Gasteiger partial charge in [-0.2, -0.15) is 0 Å². The first-order valence-electron chi connectivity index (χ1n) is 7.47. The zero-order valence-electron chi connectivity index (χ0n) is 11.6. The van der Waals surface area contributed by atoms with Gasteiger partial charge in [0.2, 0.25) is 0 Å². The molecule has 0 aromatic heterocycles. The van der Waals surface area contributed by atoms with Crippen LogP contribution < -0.4 is 5.32 Å².